The van der Waals surface area contributed by atoms with E-state index >= 15 is 0 Å². The fraction of sp³-hybridized carbons (Fsp3) is 0.267. The van der Waals surface area contributed by atoms with Crippen molar-refractivity contribution in [2.24, 2.45) is 0 Å². The molecule has 0 fully saturated rings. The van der Waals surface area contributed by atoms with Gasteiger partial charge in [-0.1, -0.05) is 6.07 Å². The van der Waals surface area contributed by atoms with Gasteiger partial charge in [-0.2, -0.15) is 0 Å². The number of H-pyrrole nitrogens is 1. The van der Waals surface area contributed by atoms with Crippen LogP contribution in [0, 0.1) is 0 Å². The Morgan fingerprint density at radius 1 is 1.24 bits per heavy atom. The van der Waals surface area contributed by atoms with Crippen LogP contribution in [0.25, 0.3) is 0 Å². The Balaban J connectivity index is 1.54. The third-order valence-electron chi connectivity index (χ3n) is 3.20. The summed E-state index contributed by atoms with van der Waals surface area (Å²) in [6.07, 6.45) is 2.47. The van der Waals surface area contributed by atoms with Crippen LogP contribution in [0.1, 0.15) is 16.1 Å². The second-order valence-corrected chi connectivity index (χ2v) is 5.63. The number of carbonyl (C=O) groups is 1. The van der Waals surface area contributed by atoms with Crippen LogP contribution >= 0.6 is 15.9 Å². The highest BCUT2D eigenvalue weighted by Crippen LogP contribution is 2.30. The van der Waals surface area contributed by atoms with Crippen molar-refractivity contribution in [3.8, 4) is 11.5 Å². The number of ether oxygens (including phenoxy) is 2. The first-order chi connectivity index (χ1) is 10.2. The Kier molecular flexibility index (Phi) is 4.15. The standard InChI is InChI=1S/C15H15BrN2O3/c16-11-8-12(18-9-11)15(19)17-4-3-10-1-2-13-14(7-10)21-6-5-20-13/h1-2,7-9,18H,3-6H2,(H,17,19). The lowest BCUT2D eigenvalue weighted by atomic mass is 10.1. The minimum atomic E-state index is -0.113. The van der Waals surface area contributed by atoms with Crippen LogP contribution < -0.4 is 14.8 Å². The number of hydrogen-bond donors (Lipinski definition) is 2. The van der Waals surface area contributed by atoms with Crippen LogP contribution in [-0.2, 0) is 6.42 Å². The van der Waals surface area contributed by atoms with E-state index in [9.17, 15) is 4.79 Å². The van der Waals surface area contributed by atoms with E-state index in [0.29, 0.717) is 25.5 Å². The zero-order valence-corrected chi connectivity index (χ0v) is 12.9. The molecule has 0 saturated carbocycles. The number of aromatic nitrogens is 1. The maximum absolute atomic E-state index is 11.9. The summed E-state index contributed by atoms with van der Waals surface area (Å²) in [5.74, 6) is 1.45. The molecule has 0 radical (unpaired) electrons. The molecule has 0 unspecified atom stereocenters. The highest BCUT2D eigenvalue weighted by atomic mass is 79.9. The molecule has 0 spiro atoms. The first kappa shape index (κ1) is 14.0. The van der Waals surface area contributed by atoms with E-state index in [2.05, 4.69) is 26.2 Å². The molecule has 0 atom stereocenters. The Morgan fingerprint density at radius 2 is 2.05 bits per heavy atom. The normalized spacial score (nSPS) is 13.0. The summed E-state index contributed by atoms with van der Waals surface area (Å²) < 4.78 is 11.9. The van der Waals surface area contributed by atoms with Gasteiger partial charge in [0.05, 0.1) is 0 Å². The van der Waals surface area contributed by atoms with E-state index in [0.717, 1.165) is 28.0 Å². The maximum Gasteiger partial charge on any atom is 0.267 e. The molecule has 1 aliphatic rings. The van der Waals surface area contributed by atoms with Gasteiger partial charge in [-0.25, -0.2) is 0 Å². The average molecular weight is 351 g/mol. The van der Waals surface area contributed by atoms with Crippen molar-refractivity contribution >= 4 is 21.8 Å². The Hall–Kier alpha value is -1.95. The molecule has 21 heavy (non-hydrogen) atoms. The number of carbonyl (C=O) groups excluding carboxylic acids is 1. The number of fused-ring (bicyclic) bond motifs is 1. The third-order valence-corrected chi connectivity index (χ3v) is 3.66. The number of nitrogens with one attached hydrogen (secondary N) is 2. The number of rotatable bonds is 4. The Morgan fingerprint density at radius 3 is 2.81 bits per heavy atom. The van der Waals surface area contributed by atoms with Gasteiger partial charge in [-0.05, 0) is 46.1 Å². The highest BCUT2D eigenvalue weighted by Gasteiger charge is 2.12. The van der Waals surface area contributed by atoms with E-state index in [-0.39, 0.29) is 5.91 Å². The Labute approximate surface area is 130 Å². The van der Waals surface area contributed by atoms with Gasteiger partial charge < -0.3 is 19.8 Å². The molecule has 5 nitrogen and oxygen atoms in total. The van der Waals surface area contributed by atoms with Crippen LogP contribution in [0.4, 0.5) is 0 Å². The lowest BCUT2D eigenvalue weighted by Gasteiger charge is -2.18. The topological polar surface area (TPSA) is 63.4 Å². The highest BCUT2D eigenvalue weighted by molar-refractivity contribution is 9.10. The van der Waals surface area contributed by atoms with Gasteiger partial charge in [-0.15, -0.1) is 0 Å². The summed E-state index contributed by atoms with van der Waals surface area (Å²) >= 11 is 3.30. The van der Waals surface area contributed by atoms with Gasteiger partial charge in [0, 0.05) is 17.2 Å². The predicted molar refractivity (Wildman–Crippen MR) is 82.0 cm³/mol. The molecule has 110 valence electrons. The summed E-state index contributed by atoms with van der Waals surface area (Å²) in [5.41, 5.74) is 1.65. The van der Waals surface area contributed by atoms with E-state index in [1.807, 2.05) is 18.2 Å². The average Bonchev–Trinajstić information content (AvgIpc) is 2.94. The van der Waals surface area contributed by atoms with Crippen molar-refractivity contribution < 1.29 is 14.3 Å². The second kappa shape index (κ2) is 6.22. The molecule has 2 N–H and O–H groups in total. The van der Waals surface area contributed by atoms with Crippen LogP contribution in [-0.4, -0.2) is 30.6 Å². The zero-order chi connectivity index (χ0) is 14.7. The molecule has 2 heterocycles. The quantitative estimate of drug-likeness (QED) is 0.890. The second-order valence-electron chi connectivity index (χ2n) is 4.72. The molecule has 0 saturated heterocycles. The van der Waals surface area contributed by atoms with Crippen LogP contribution in [0.15, 0.2) is 34.9 Å². The molecular weight excluding hydrogens is 336 g/mol. The SMILES string of the molecule is O=C(NCCc1ccc2c(c1)OCCO2)c1cc(Br)c[nH]1. The summed E-state index contributed by atoms with van der Waals surface area (Å²) in [6.45, 7) is 1.73. The zero-order valence-electron chi connectivity index (χ0n) is 11.3. The van der Waals surface area contributed by atoms with Crippen molar-refractivity contribution in [3.63, 3.8) is 0 Å². The van der Waals surface area contributed by atoms with E-state index in [1.165, 1.54) is 0 Å². The molecule has 1 aromatic heterocycles. The van der Waals surface area contributed by atoms with E-state index in [4.69, 9.17) is 9.47 Å². The molecular formula is C15H15BrN2O3. The summed E-state index contributed by atoms with van der Waals surface area (Å²) in [5, 5.41) is 2.88. The Bertz CT molecular complexity index is 654. The van der Waals surface area contributed by atoms with Crippen molar-refractivity contribution in [2.75, 3.05) is 19.8 Å². The van der Waals surface area contributed by atoms with Gasteiger partial charge in [0.25, 0.3) is 5.91 Å². The van der Waals surface area contributed by atoms with E-state index in [1.54, 1.807) is 12.3 Å². The first-order valence-electron chi connectivity index (χ1n) is 6.73. The molecule has 0 aliphatic carbocycles. The largest absolute Gasteiger partial charge is 0.486 e. The minimum absolute atomic E-state index is 0.113. The maximum atomic E-state index is 11.9. The van der Waals surface area contributed by atoms with Crippen LogP contribution in [0.2, 0.25) is 0 Å². The van der Waals surface area contributed by atoms with Crippen molar-refractivity contribution in [1.82, 2.24) is 10.3 Å². The molecule has 2 aromatic rings. The predicted octanol–water partition coefficient (Wildman–Crippen LogP) is 2.52. The van der Waals surface area contributed by atoms with Crippen LogP contribution in [0.5, 0.6) is 11.5 Å². The van der Waals surface area contributed by atoms with Crippen molar-refractivity contribution in [3.05, 3.63) is 46.2 Å². The van der Waals surface area contributed by atoms with E-state index < -0.39 is 0 Å². The van der Waals surface area contributed by atoms with Gasteiger partial charge in [-0.3, -0.25) is 4.79 Å². The molecule has 3 rings (SSSR count). The number of benzene rings is 1. The van der Waals surface area contributed by atoms with Gasteiger partial charge in [0.1, 0.15) is 18.9 Å². The first-order valence-corrected chi connectivity index (χ1v) is 7.52. The van der Waals surface area contributed by atoms with Crippen LogP contribution in [0.3, 0.4) is 0 Å². The summed E-state index contributed by atoms with van der Waals surface area (Å²) in [7, 11) is 0. The van der Waals surface area contributed by atoms with Gasteiger partial charge in [0.2, 0.25) is 0 Å². The number of aromatic amines is 1. The number of amides is 1. The molecule has 1 aliphatic heterocycles. The summed E-state index contributed by atoms with van der Waals surface area (Å²) in [4.78, 5) is 14.8. The number of halogens is 1. The molecule has 1 amide bonds. The monoisotopic (exact) mass is 350 g/mol. The third kappa shape index (κ3) is 3.39. The number of hydrogen-bond acceptors (Lipinski definition) is 3. The minimum Gasteiger partial charge on any atom is -0.486 e. The van der Waals surface area contributed by atoms with Crippen molar-refractivity contribution in [1.29, 1.82) is 0 Å². The molecule has 0 bridgehead atoms. The lowest BCUT2D eigenvalue weighted by molar-refractivity contribution is 0.0950. The van der Waals surface area contributed by atoms with Gasteiger partial charge >= 0.3 is 0 Å². The van der Waals surface area contributed by atoms with Gasteiger partial charge in [0.15, 0.2) is 11.5 Å². The van der Waals surface area contributed by atoms with Crippen molar-refractivity contribution in [2.45, 2.75) is 6.42 Å². The molecule has 1 aromatic carbocycles. The fourth-order valence-corrected chi connectivity index (χ4v) is 2.50. The lowest BCUT2D eigenvalue weighted by Crippen LogP contribution is -2.26. The smallest absolute Gasteiger partial charge is 0.267 e. The fourth-order valence-electron chi connectivity index (χ4n) is 2.16. The summed E-state index contributed by atoms with van der Waals surface area (Å²) in [6, 6.07) is 7.62. The molecule has 6 heteroatoms.